The number of nitrogens with zero attached hydrogens (tertiary/aromatic N) is 3. The average molecular weight is 291 g/mol. The summed E-state index contributed by atoms with van der Waals surface area (Å²) in [6.45, 7) is 16.5. The smallest absolute Gasteiger partial charge is 0.178 e. The van der Waals surface area contributed by atoms with E-state index >= 15 is 0 Å². The fraction of sp³-hybridized carbons (Fsp3) is 0.706. The van der Waals surface area contributed by atoms with Gasteiger partial charge in [0.1, 0.15) is 0 Å². The summed E-state index contributed by atoms with van der Waals surface area (Å²) in [4.78, 5) is 17.3. The quantitative estimate of drug-likeness (QED) is 0.780. The Morgan fingerprint density at radius 3 is 2.19 bits per heavy atom. The van der Waals surface area contributed by atoms with Gasteiger partial charge < -0.3 is 9.47 Å². The van der Waals surface area contributed by atoms with Gasteiger partial charge in [-0.25, -0.2) is 0 Å². The van der Waals surface area contributed by atoms with E-state index in [-0.39, 0.29) is 5.78 Å². The first-order chi connectivity index (χ1) is 9.93. The van der Waals surface area contributed by atoms with Crippen LogP contribution in [0.25, 0.3) is 0 Å². The summed E-state index contributed by atoms with van der Waals surface area (Å²) in [5, 5.41) is 0. The van der Waals surface area contributed by atoms with Crippen LogP contribution < -0.4 is 0 Å². The highest BCUT2D eigenvalue weighted by molar-refractivity contribution is 5.99. The van der Waals surface area contributed by atoms with Crippen molar-refractivity contribution >= 4 is 5.78 Å². The molecule has 2 rings (SSSR count). The van der Waals surface area contributed by atoms with Gasteiger partial charge in [0.25, 0.3) is 0 Å². The van der Waals surface area contributed by atoms with Crippen molar-refractivity contribution in [3.05, 3.63) is 23.0 Å². The second-order valence-electron chi connectivity index (χ2n) is 6.38. The number of rotatable bonds is 5. The van der Waals surface area contributed by atoms with Crippen molar-refractivity contribution in [1.29, 1.82) is 0 Å². The Bertz CT molecular complexity index is 496. The van der Waals surface area contributed by atoms with Crippen LogP contribution in [-0.4, -0.2) is 59.4 Å². The van der Waals surface area contributed by atoms with E-state index in [9.17, 15) is 4.79 Å². The maximum atomic E-state index is 12.6. The molecule has 1 aromatic heterocycles. The number of aromatic nitrogens is 1. The molecule has 1 aromatic rings. The minimum Gasteiger partial charge on any atom is -0.346 e. The molecule has 4 heteroatoms. The molecule has 21 heavy (non-hydrogen) atoms. The summed E-state index contributed by atoms with van der Waals surface area (Å²) in [6, 6.07) is 2.46. The standard InChI is InChI=1S/C17H29N3O/c1-6-18-7-9-19(10-8-18)12-17(21)16-11-14(4)20(13(2)3)15(16)5/h11,13H,6-10,12H2,1-5H3. The van der Waals surface area contributed by atoms with Crippen LogP contribution in [0.1, 0.15) is 48.6 Å². The summed E-state index contributed by atoms with van der Waals surface area (Å²) in [5.41, 5.74) is 3.19. The van der Waals surface area contributed by atoms with E-state index in [1.165, 1.54) is 5.69 Å². The van der Waals surface area contributed by atoms with Crippen molar-refractivity contribution < 1.29 is 4.79 Å². The number of aryl methyl sites for hydroxylation is 1. The zero-order valence-corrected chi connectivity index (χ0v) is 14.1. The molecule has 0 aliphatic carbocycles. The second-order valence-corrected chi connectivity index (χ2v) is 6.38. The van der Waals surface area contributed by atoms with Crippen LogP contribution in [0.15, 0.2) is 6.07 Å². The predicted octanol–water partition coefficient (Wildman–Crippen LogP) is 2.51. The molecule has 118 valence electrons. The molecule has 0 N–H and O–H groups in total. The van der Waals surface area contributed by atoms with Crippen molar-refractivity contribution in [2.75, 3.05) is 39.3 Å². The summed E-state index contributed by atoms with van der Waals surface area (Å²) in [7, 11) is 0. The Balaban J connectivity index is 2.03. The molecule has 1 aliphatic rings. The van der Waals surface area contributed by atoms with Crippen molar-refractivity contribution in [2.45, 2.75) is 40.7 Å². The van der Waals surface area contributed by atoms with Crippen LogP contribution in [0, 0.1) is 13.8 Å². The molecule has 1 aliphatic heterocycles. The normalized spacial score (nSPS) is 17.6. The van der Waals surface area contributed by atoms with Gasteiger partial charge >= 0.3 is 0 Å². The van der Waals surface area contributed by atoms with E-state index in [1.807, 2.05) is 0 Å². The second kappa shape index (κ2) is 6.75. The SMILES string of the molecule is CCN1CCN(CC(=O)c2cc(C)n(C(C)C)c2C)CC1. The topological polar surface area (TPSA) is 28.5 Å². The van der Waals surface area contributed by atoms with E-state index in [4.69, 9.17) is 0 Å². The number of hydrogen-bond donors (Lipinski definition) is 0. The fourth-order valence-corrected chi connectivity index (χ4v) is 3.41. The molecular formula is C17H29N3O. The largest absolute Gasteiger partial charge is 0.346 e. The average Bonchev–Trinajstić information content (AvgIpc) is 2.75. The van der Waals surface area contributed by atoms with Crippen LogP contribution >= 0.6 is 0 Å². The molecule has 0 saturated carbocycles. The Kier molecular flexibility index (Phi) is 5.22. The molecular weight excluding hydrogens is 262 g/mol. The van der Waals surface area contributed by atoms with E-state index < -0.39 is 0 Å². The van der Waals surface area contributed by atoms with E-state index in [1.54, 1.807) is 0 Å². The lowest BCUT2D eigenvalue weighted by atomic mass is 10.1. The maximum Gasteiger partial charge on any atom is 0.178 e. The molecule has 1 fully saturated rings. The molecule has 0 unspecified atom stereocenters. The van der Waals surface area contributed by atoms with E-state index in [0.29, 0.717) is 12.6 Å². The Hall–Kier alpha value is -1.13. The Morgan fingerprint density at radius 2 is 1.71 bits per heavy atom. The van der Waals surface area contributed by atoms with Gasteiger partial charge in [-0.2, -0.15) is 0 Å². The zero-order chi connectivity index (χ0) is 15.6. The van der Waals surface area contributed by atoms with Gasteiger partial charge in [-0.15, -0.1) is 0 Å². The first-order valence-corrected chi connectivity index (χ1v) is 8.10. The number of Topliss-reactive ketones (excluding diaryl/α,β-unsaturated/α-hetero) is 1. The van der Waals surface area contributed by atoms with Crippen molar-refractivity contribution in [3.8, 4) is 0 Å². The number of likely N-dealkylation sites (N-methyl/N-ethyl adjacent to an activating group) is 1. The lowest BCUT2D eigenvalue weighted by Crippen LogP contribution is -2.47. The molecule has 0 bridgehead atoms. The first kappa shape index (κ1) is 16.2. The third-order valence-corrected chi connectivity index (χ3v) is 4.58. The summed E-state index contributed by atoms with van der Waals surface area (Å²) < 4.78 is 2.25. The summed E-state index contributed by atoms with van der Waals surface area (Å²) in [6.07, 6.45) is 0. The van der Waals surface area contributed by atoms with Crippen LogP contribution in [-0.2, 0) is 0 Å². The number of carbonyl (C=O) groups excluding carboxylic acids is 1. The lowest BCUT2D eigenvalue weighted by molar-refractivity contribution is 0.0858. The van der Waals surface area contributed by atoms with Gasteiger partial charge in [0.2, 0.25) is 0 Å². The zero-order valence-electron chi connectivity index (χ0n) is 14.1. The highest BCUT2D eigenvalue weighted by atomic mass is 16.1. The Labute approximate surface area is 128 Å². The maximum absolute atomic E-state index is 12.6. The molecule has 0 atom stereocenters. The van der Waals surface area contributed by atoms with Crippen molar-refractivity contribution in [1.82, 2.24) is 14.4 Å². The van der Waals surface area contributed by atoms with Gasteiger partial charge in [0.15, 0.2) is 5.78 Å². The molecule has 0 spiro atoms. The van der Waals surface area contributed by atoms with Gasteiger partial charge in [0.05, 0.1) is 6.54 Å². The number of ketones is 1. The Morgan fingerprint density at radius 1 is 1.14 bits per heavy atom. The van der Waals surface area contributed by atoms with Gasteiger partial charge in [-0.3, -0.25) is 9.69 Å². The van der Waals surface area contributed by atoms with E-state index in [2.05, 4.69) is 55.1 Å². The van der Waals surface area contributed by atoms with Gasteiger partial charge in [0, 0.05) is 49.2 Å². The monoisotopic (exact) mass is 291 g/mol. The molecule has 1 saturated heterocycles. The highest BCUT2D eigenvalue weighted by Gasteiger charge is 2.21. The van der Waals surface area contributed by atoms with Crippen molar-refractivity contribution in [2.24, 2.45) is 0 Å². The first-order valence-electron chi connectivity index (χ1n) is 8.10. The number of piperazine rings is 1. The van der Waals surface area contributed by atoms with Crippen LogP contribution in [0.4, 0.5) is 0 Å². The van der Waals surface area contributed by atoms with Crippen molar-refractivity contribution in [3.63, 3.8) is 0 Å². The van der Waals surface area contributed by atoms with Crippen LogP contribution in [0.2, 0.25) is 0 Å². The third-order valence-electron chi connectivity index (χ3n) is 4.58. The van der Waals surface area contributed by atoms with Crippen LogP contribution in [0.3, 0.4) is 0 Å². The summed E-state index contributed by atoms with van der Waals surface area (Å²) >= 11 is 0. The minimum absolute atomic E-state index is 0.264. The minimum atomic E-state index is 0.264. The highest BCUT2D eigenvalue weighted by Crippen LogP contribution is 2.21. The van der Waals surface area contributed by atoms with Gasteiger partial charge in [-0.1, -0.05) is 6.92 Å². The lowest BCUT2D eigenvalue weighted by Gasteiger charge is -2.33. The molecule has 0 aromatic carbocycles. The predicted molar refractivity (Wildman–Crippen MR) is 87.2 cm³/mol. The molecule has 0 amide bonds. The molecule has 0 radical (unpaired) electrons. The van der Waals surface area contributed by atoms with Crippen LogP contribution in [0.5, 0.6) is 0 Å². The summed E-state index contributed by atoms with van der Waals surface area (Å²) in [5.74, 6) is 0.264. The number of hydrogen-bond acceptors (Lipinski definition) is 3. The third kappa shape index (κ3) is 3.55. The molecule has 4 nitrogen and oxygen atoms in total. The molecule has 2 heterocycles. The van der Waals surface area contributed by atoms with Gasteiger partial charge in [-0.05, 0) is 40.3 Å². The number of carbonyl (C=O) groups is 1. The fourth-order valence-electron chi connectivity index (χ4n) is 3.41. The van der Waals surface area contributed by atoms with E-state index in [0.717, 1.165) is 44.0 Å².